The third-order valence-corrected chi connectivity index (χ3v) is 4.06. The van der Waals surface area contributed by atoms with E-state index in [9.17, 15) is 4.79 Å². The molecule has 1 aromatic carbocycles. The van der Waals surface area contributed by atoms with Gasteiger partial charge in [-0.25, -0.2) is 0 Å². The summed E-state index contributed by atoms with van der Waals surface area (Å²) in [7, 11) is 0. The van der Waals surface area contributed by atoms with Gasteiger partial charge in [0.05, 0.1) is 0 Å². The van der Waals surface area contributed by atoms with Gasteiger partial charge in [-0.2, -0.15) is 0 Å². The van der Waals surface area contributed by atoms with Gasteiger partial charge in [-0.1, -0.05) is 6.07 Å². The number of carbonyl (C=O) groups excluding carboxylic acids is 1. The van der Waals surface area contributed by atoms with Crippen molar-refractivity contribution in [1.82, 2.24) is 10.2 Å². The summed E-state index contributed by atoms with van der Waals surface area (Å²) in [6, 6.07) is 4.20. The maximum Gasteiger partial charge on any atom is 0.264 e. The van der Waals surface area contributed by atoms with Crippen molar-refractivity contribution in [2.75, 3.05) is 26.2 Å². The van der Waals surface area contributed by atoms with Crippen molar-refractivity contribution in [2.24, 2.45) is 0 Å². The molecular formula is C15H20N2O2. The summed E-state index contributed by atoms with van der Waals surface area (Å²) in [6.45, 7) is 7.50. The van der Waals surface area contributed by atoms with Gasteiger partial charge in [0.2, 0.25) is 0 Å². The molecule has 0 saturated carbocycles. The first kappa shape index (κ1) is 12.5. The van der Waals surface area contributed by atoms with E-state index >= 15 is 0 Å². The zero-order valence-corrected chi connectivity index (χ0v) is 11.5. The van der Waals surface area contributed by atoms with E-state index in [4.69, 9.17) is 4.74 Å². The molecule has 1 aromatic rings. The molecule has 4 nitrogen and oxygen atoms in total. The number of hydrogen-bond acceptors (Lipinski definition) is 3. The Balaban J connectivity index is 1.74. The van der Waals surface area contributed by atoms with E-state index in [1.807, 2.05) is 4.90 Å². The molecule has 102 valence electrons. The molecule has 1 fully saturated rings. The summed E-state index contributed by atoms with van der Waals surface area (Å²) >= 11 is 0. The molecule has 1 amide bonds. The number of fused-ring (bicyclic) bond motifs is 1. The van der Waals surface area contributed by atoms with Gasteiger partial charge in [0.25, 0.3) is 5.91 Å². The molecule has 1 N–H and O–H groups in total. The minimum absolute atomic E-state index is 0.132. The van der Waals surface area contributed by atoms with Crippen molar-refractivity contribution in [3.05, 3.63) is 28.8 Å². The number of piperazine rings is 1. The van der Waals surface area contributed by atoms with Crippen LogP contribution < -0.4 is 10.1 Å². The Hall–Kier alpha value is -1.55. The highest BCUT2D eigenvalue weighted by molar-refractivity contribution is 5.82. The maximum atomic E-state index is 12.4. The van der Waals surface area contributed by atoms with Crippen LogP contribution in [0.1, 0.15) is 16.7 Å². The Bertz CT molecular complexity index is 476. The van der Waals surface area contributed by atoms with Gasteiger partial charge in [-0.3, -0.25) is 4.79 Å². The average Bonchev–Trinajstić information content (AvgIpc) is 2.82. The van der Waals surface area contributed by atoms with Crippen molar-refractivity contribution < 1.29 is 9.53 Å². The first-order valence-electron chi connectivity index (χ1n) is 6.91. The lowest BCUT2D eigenvalue weighted by Crippen LogP contribution is -2.50. The second-order valence-electron chi connectivity index (χ2n) is 5.43. The van der Waals surface area contributed by atoms with Crippen LogP contribution in [-0.2, 0) is 11.2 Å². The van der Waals surface area contributed by atoms with Gasteiger partial charge < -0.3 is 15.0 Å². The predicted molar refractivity (Wildman–Crippen MR) is 73.5 cm³/mol. The predicted octanol–water partition coefficient (Wildman–Crippen LogP) is 1.04. The van der Waals surface area contributed by atoms with Crippen LogP contribution in [0.25, 0.3) is 0 Å². The average molecular weight is 260 g/mol. The fourth-order valence-electron chi connectivity index (χ4n) is 2.74. The molecule has 2 aliphatic heterocycles. The van der Waals surface area contributed by atoms with E-state index in [1.54, 1.807) is 0 Å². The van der Waals surface area contributed by atoms with Gasteiger partial charge in [-0.05, 0) is 36.6 Å². The molecule has 2 heterocycles. The van der Waals surface area contributed by atoms with Crippen LogP contribution in [-0.4, -0.2) is 43.1 Å². The fourth-order valence-corrected chi connectivity index (χ4v) is 2.74. The highest BCUT2D eigenvalue weighted by Crippen LogP contribution is 2.32. The zero-order valence-electron chi connectivity index (χ0n) is 11.5. The van der Waals surface area contributed by atoms with Crippen molar-refractivity contribution in [3.63, 3.8) is 0 Å². The number of hydrogen-bond donors (Lipinski definition) is 1. The van der Waals surface area contributed by atoms with Crippen LogP contribution in [0.15, 0.2) is 12.1 Å². The van der Waals surface area contributed by atoms with Crippen molar-refractivity contribution in [1.29, 1.82) is 0 Å². The molecule has 2 aliphatic rings. The van der Waals surface area contributed by atoms with E-state index < -0.39 is 0 Å². The smallest absolute Gasteiger partial charge is 0.264 e. The molecule has 0 aliphatic carbocycles. The van der Waals surface area contributed by atoms with E-state index in [1.165, 1.54) is 11.1 Å². The fraction of sp³-hybridized carbons (Fsp3) is 0.533. The molecule has 0 spiro atoms. The molecule has 19 heavy (non-hydrogen) atoms. The van der Waals surface area contributed by atoms with Crippen molar-refractivity contribution in [3.8, 4) is 5.75 Å². The van der Waals surface area contributed by atoms with Crippen LogP contribution in [0.4, 0.5) is 0 Å². The van der Waals surface area contributed by atoms with Crippen LogP contribution in [0.3, 0.4) is 0 Å². The normalized spacial score (nSPS) is 22.0. The molecular weight excluding hydrogens is 240 g/mol. The van der Waals surface area contributed by atoms with Crippen molar-refractivity contribution >= 4 is 5.91 Å². The second-order valence-corrected chi connectivity index (χ2v) is 5.43. The zero-order chi connectivity index (χ0) is 13.4. The minimum atomic E-state index is -0.325. The minimum Gasteiger partial charge on any atom is -0.480 e. The highest BCUT2D eigenvalue weighted by Gasteiger charge is 2.33. The number of nitrogens with zero attached hydrogens (tertiary/aromatic N) is 1. The molecule has 0 aromatic heterocycles. The van der Waals surface area contributed by atoms with Crippen LogP contribution in [0.5, 0.6) is 5.75 Å². The monoisotopic (exact) mass is 260 g/mol. The largest absolute Gasteiger partial charge is 0.480 e. The SMILES string of the molecule is Cc1cc2c(cc1C)OC(C(=O)N1CCNCC1)C2. The van der Waals surface area contributed by atoms with Gasteiger partial charge in [-0.15, -0.1) is 0 Å². The first-order valence-corrected chi connectivity index (χ1v) is 6.91. The number of amides is 1. The molecule has 3 rings (SSSR count). The standard InChI is InChI=1S/C15H20N2O2/c1-10-7-12-9-14(19-13(12)8-11(10)2)15(18)17-5-3-16-4-6-17/h7-8,14,16H,3-6,9H2,1-2H3. The second kappa shape index (κ2) is 4.85. The van der Waals surface area contributed by atoms with Gasteiger partial charge >= 0.3 is 0 Å². The van der Waals surface area contributed by atoms with Crippen molar-refractivity contribution in [2.45, 2.75) is 26.4 Å². The number of nitrogens with one attached hydrogen (secondary N) is 1. The number of rotatable bonds is 1. The Morgan fingerprint density at radius 3 is 2.68 bits per heavy atom. The topological polar surface area (TPSA) is 41.6 Å². The van der Waals surface area contributed by atoms with Gasteiger partial charge in [0.1, 0.15) is 5.75 Å². The van der Waals surface area contributed by atoms with E-state index in [0.29, 0.717) is 6.42 Å². The number of carbonyl (C=O) groups is 1. The molecule has 1 atom stereocenters. The molecule has 0 radical (unpaired) electrons. The maximum absolute atomic E-state index is 12.4. The van der Waals surface area contributed by atoms with E-state index in [0.717, 1.165) is 37.5 Å². The Labute approximate surface area is 113 Å². The lowest BCUT2D eigenvalue weighted by atomic mass is 10.0. The summed E-state index contributed by atoms with van der Waals surface area (Å²) in [4.78, 5) is 14.3. The molecule has 1 unspecified atom stereocenters. The summed E-state index contributed by atoms with van der Waals surface area (Å²) in [5.41, 5.74) is 3.64. The summed E-state index contributed by atoms with van der Waals surface area (Å²) < 4.78 is 5.85. The lowest BCUT2D eigenvalue weighted by molar-refractivity contribution is -0.138. The Morgan fingerprint density at radius 1 is 1.26 bits per heavy atom. The molecule has 0 bridgehead atoms. The van der Waals surface area contributed by atoms with Crippen LogP contribution >= 0.6 is 0 Å². The van der Waals surface area contributed by atoms with Gasteiger partial charge in [0.15, 0.2) is 6.10 Å². The van der Waals surface area contributed by atoms with Crippen LogP contribution in [0, 0.1) is 13.8 Å². The lowest BCUT2D eigenvalue weighted by Gasteiger charge is -2.29. The third kappa shape index (κ3) is 2.32. The third-order valence-electron chi connectivity index (χ3n) is 4.06. The Kier molecular flexibility index (Phi) is 3.19. The van der Waals surface area contributed by atoms with Gasteiger partial charge in [0, 0.05) is 32.6 Å². The number of benzene rings is 1. The van der Waals surface area contributed by atoms with E-state index in [2.05, 4.69) is 31.3 Å². The Morgan fingerprint density at radius 2 is 1.95 bits per heavy atom. The molecule has 4 heteroatoms. The molecule has 1 saturated heterocycles. The quantitative estimate of drug-likeness (QED) is 0.820. The summed E-state index contributed by atoms with van der Waals surface area (Å²) in [5, 5.41) is 3.26. The number of aryl methyl sites for hydroxylation is 2. The highest BCUT2D eigenvalue weighted by atomic mass is 16.5. The summed E-state index contributed by atoms with van der Waals surface area (Å²) in [5.74, 6) is 1.02. The van der Waals surface area contributed by atoms with Crippen LogP contribution in [0.2, 0.25) is 0 Å². The van der Waals surface area contributed by atoms with E-state index in [-0.39, 0.29) is 12.0 Å². The number of ether oxygens (including phenoxy) is 1. The summed E-state index contributed by atoms with van der Waals surface area (Å²) in [6.07, 6.45) is 0.383. The first-order chi connectivity index (χ1) is 9.15.